The monoisotopic (exact) mass is 784 g/mol. The van der Waals surface area contributed by atoms with Crippen LogP contribution in [0, 0.1) is 27.7 Å². The Bertz CT molecular complexity index is 2650. The van der Waals surface area contributed by atoms with Gasteiger partial charge in [-0.3, -0.25) is 24.4 Å². The Morgan fingerprint density at radius 2 is 1.19 bits per heavy atom. The molecular formula is C43H44N8O7. The van der Waals surface area contributed by atoms with Gasteiger partial charge in [0.15, 0.2) is 28.9 Å². The summed E-state index contributed by atoms with van der Waals surface area (Å²) in [6.07, 6.45) is 7.00. The number of imidazole rings is 2. The number of methoxy groups -OCH3 is 3. The number of ether oxygens (including phenoxy) is 4. The van der Waals surface area contributed by atoms with Crippen LogP contribution in [0.3, 0.4) is 0 Å². The van der Waals surface area contributed by atoms with Crippen LogP contribution in [0.15, 0.2) is 73.3 Å². The first-order chi connectivity index (χ1) is 27.8. The summed E-state index contributed by atoms with van der Waals surface area (Å²) in [5.74, 6) is -0.880. The molecule has 15 heteroatoms. The van der Waals surface area contributed by atoms with E-state index in [1.807, 2.05) is 75.3 Å². The van der Waals surface area contributed by atoms with Crippen LogP contribution >= 0.6 is 0 Å². The number of rotatable bonds is 10. The quantitative estimate of drug-likeness (QED) is 0.0896. The van der Waals surface area contributed by atoms with Crippen molar-refractivity contribution < 1.29 is 33.3 Å². The second-order valence-electron chi connectivity index (χ2n) is 13.8. The lowest BCUT2D eigenvalue weighted by Gasteiger charge is -2.16. The molecule has 0 fully saturated rings. The van der Waals surface area contributed by atoms with E-state index < -0.39 is 17.9 Å². The Balaban J connectivity index is 0.000000213. The number of hydrogen-bond acceptors (Lipinski definition) is 13. The highest BCUT2D eigenvalue weighted by molar-refractivity contribution is 6.00. The molecule has 15 nitrogen and oxygen atoms in total. The SMILES string of the molecule is COC(=O)C(C(=O)OCc1ccc(OC)cc1)c1cnc(-c2nc3cc(C)cnc3n2C)c(C)c1.COC(=O)Cc1cnc(-c2nc3cc(C)cnc3n2C)c(C)c1. The van der Waals surface area contributed by atoms with Crippen molar-refractivity contribution in [3.05, 3.63) is 112 Å². The van der Waals surface area contributed by atoms with E-state index in [0.29, 0.717) is 22.8 Å². The molecule has 7 aromatic rings. The van der Waals surface area contributed by atoms with Crippen molar-refractivity contribution in [2.24, 2.45) is 14.1 Å². The summed E-state index contributed by atoms with van der Waals surface area (Å²) in [6, 6.07) is 14.7. The minimum atomic E-state index is -1.26. The summed E-state index contributed by atoms with van der Waals surface area (Å²) in [5, 5.41) is 0. The fourth-order valence-electron chi connectivity index (χ4n) is 6.41. The van der Waals surface area contributed by atoms with Crippen molar-refractivity contribution in [1.29, 1.82) is 0 Å². The number of carbonyl (C=O) groups is 3. The Kier molecular flexibility index (Phi) is 12.2. The molecule has 298 valence electrons. The van der Waals surface area contributed by atoms with Gasteiger partial charge in [0, 0.05) is 38.9 Å². The molecule has 0 bridgehead atoms. The van der Waals surface area contributed by atoms with Crippen LogP contribution in [-0.4, -0.2) is 78.3 Å². The molecule has 0 saturated carbocycles. The van der Waals surface area contributed by atoms with Crippen LogP contribution in [0.2, 0.25) is 0 Å². The fourth-order valence-corrected chi connectivity index (χ4v) is 6.41. The lowest BCUT2D eigenvalue weighted by atomic mass is 9.98. The second-order valence-corrected chi connectivity index (χ2v) is 13.8. The van der Waals surface area contributed by atoms with Crippen LogP contribution in [0.1, 0.15) is 44.9 Å². The van der Waals surface area contributed by atoms with E-state index in [9.17, 15) is 14.4 Å². The maximum absolute atomic E-state index is 12.9. The van der Waals surface area contributed by atoms with Crippen molar-refractivity contribution in [3.63, 3.8) is 0 Å². The number of fused-ring (bicyclic) bond motifs is 2. The van der Waals surface area contributed by atoms with Gasteiger partial charge >= 0.3 is 17.9 Å². The van der Waals surface area contributed by atoms with Gasteiger partial charge in [-0.05, 0) is 90.9 Å². The molecule has 0 radical (unpaired) electrons. The molecule has 1 aromatic carbocycles. The third kappa shape index (κ3) is 8.68. The largest absolute Gasteiger partial charge is 0.497 e. The van der Waals surface area contributed by atoms with Crippen LogP contribution < -0.4 is 4.74 Å². The van der Waals surface area contributed by atoms with Crippen LogP contribution in [0.5, 0.6) is 5.75 Å². The molecule has 0 amide bonds. The molecule has 0 aliphatic rings. The van der Waals surface area contributed by atoms with Gasteiger partial charge in [0.05, 0.1) is 27.8 Å². The van der Waals surface area contributed by atoms with Gasteiger partial charge in [-0.25, -0.2) is 19.9 Å². The van der Waals surface area contributed by atoms with Crippen LogP contribution in [-0.2, 0) is 55.7 Å². The van der Waals surface area contributed by atoms with Gasteiger partial charge in [0.2, 0.25) is 0 Å². The number of hydrogen-bond donors (Lipinski definition) is 0. The first kappa shape index (κ1) is 40.6. The average Bonchev–Trinajstić information content (AvgIpc) is 3.71. The van der Waals surface area contributed by atoms with Gasteiger partial charge in [-0.1, -0.05) is 24.3 Å². The number of nitrogens with zero attached hydrogens (tertiary/aromatic N) is 8. The summed E-state index contributed by atoms with van der Waals surface area (Å²) in [7, 11) is 7.98. The zero-order chi connectivity index (χ0) is 41.7. The van der Waals surface area contributed by atoms with E-state index in [1.54, 1.807) is 49.8 Å². The van der Waals surface area contributed by atoms with Crippen molar-refractivity contribution in [2.75, 3.05) is 21.3 Å². The van der Waals surface area contributed by atoms with Gasteiger partial charge in [0.25, 0.3) is 0 Å². The lowest BCUT2D eigenvalue weighted by molar-refractivity contribution is -0.156. The second kappa shape index (κ2) is 17.4. The Morgan fingerprint density at radius 3 is 1.69 bits per heavy atom. The molecule has 0 aliphatic heterocycles. The number of aromatic nitrogens is 8. The van der Waals surface area contributed by atoms with E-state index in [-0.39, 0.29) is 19.0 Å². The van der Waals surface area contributed by atoms with Crippen LogP contribution in [0.25, 0.3) is 45.4 Å². The molecule has 0 saturated heterocycles. The van der Waals surface area contributed by atoms with Crippen molar-refractivity contribution in [1.82, 2.24) is 39.0 Å². The number of esters is 3. The average molecular weight is 785 g/mol. The highest BCUT2D eigenvalue weighted by Crippen LogP contribution is 2.29. The number of pyridine rings is 4. The van der Waals surface area contributed by atoms with E-state index in [0.717, 1.165) is 67.2 Å². The molecule has 0 spiro atoms. The highest BCUT2D eigenvalue weighted by atomic mass is 16.5. The summed E-state index contributed by atoms with van der Waals surface area (Å²) >= 11 is 0. The molecule has 0 N–H and O–H groups in total. The molecule has 0 aliphatic carbocycles. The summed E-state index contributed by atoms with van der Waals surface area (Å²) in [6.45, 7) is 7.76. The Morgan fingerprint density at radius 1 is 0.638 bits per heavy atom. The zero-order valence-electron chi connectivity index (χ0n) is 33.9. The normalized spacial score (nSPS) is 11.5. The topological polar surface area (TPSA) is 175 Å². The molecule has 6 aromatic heterocycles. The highest BCUT2D eigenvalue weighted by Gasteiger charge is 2.32. The molecule has 58 heavy (non-hydrogen) atoms. The standard InChI is InChI=1S/C26H26N4O5.C17H18N4O2/c1-15-10-20-23(28-12-15)30(3)24(29-20)22-16(2)11-18(13-27-22)21(25(31)34-5)26(32)35-14-17-6-8-19(33-4)9-7-17;1-10-5-13-16(19-8-10)21(3)17(20-13)15-11(2)6-12(9-18-15)7-14(22)23-4/h6-13,21H,14H2,1-5H3;5-6,8-9H,7H2,1-4H3. The van der Waals surface area contributed by atoms with Gasteiger partial charge in [-0.2, -0.15) is 0 Å². The minimum absolute atomic E-state index is 0.00704. The predicted octanol–water partition coefficient (Wildman–Crippen LogP) is 6.02. The molecule has 6 heterocycles. The van der Waals surface area contributed by atoms with Crippen LogP contribution in [0.4, 0.5) is 0 Å². The van der Waals surface area contributed by atoms with Gasteiger partial charge in [-0.15, -0.1) is 0 Å². The smallest absolute Gasteiger partial charge is 0.325 e. The predicted molar refractivity (Wildman–Crippen MR) is 216 cm³/mol. The fraction of sp³-hybridized carbons (Fsp3) is 0.279. The maximum Gasteiger partial charge on any atom is 0.325 e. The van der Waals surface area contributed by atoms with Gasteiger partial charge in [0.1, 0.15) is 34.8 Å². The minimum Gasteiger partial charge on any atom is -0.497 e. The Hall–Kier alpha value is -7.03. The summed E-state index contributed by atoms with van der Waals surface area (Å²) in [5.41, 5.74) is 10.3. The van der Waals surface area contributed by atoms with E-state index in [2.05, 4.69) is 34.6 Å². The summed E-state index contributed by atoms with van der Waals surface area (Å²) in [4.78, 5) is 64.1. The maximum atomic E-state index is 12.9. The molecule has 1 atom stereocenters. The third-order valence-corrected chi connectivity index (χ3v) is 9.47. The molecular weight excluding hydrogens is 741 g/mol. The van der Waals surface area contributed by atoms with E-state index >= 15 is 0 Å². The molecule has 1 unspecified atom stereocenters. The van der Waals surface area contributed by atoms with Crippen molar-refractivity contribution in [3.8, 4) is 28.8 Å². The number of benzene rings is 1. The lowest BCUT2D eigenvalue weighted by Crippen LogP contribution is -2.25. The van der Waals surface area contributed by atoms with Crippen molar-refractivity contribution >= 4 is 40.2 Å². The Labute approximate surface area is 335 Å². The van der Waals surface area contributed by atoms with E-state index in [4.69, 9.17) is 14.2 Å². The number of carbonyl (C=O) groups excluding carboxylic acids is 3. The third-order valence-electron chi connectivity index (χ3n) is 9.47. The molecule has 7 rings (SSSR count). The first-order valence-corrected chi connectivity index (χ1v) is 18.3. The van der Waals surface area contributed by atoms with E-state index in [1.165, 1.54) is 20.4 Å². The van der Waals surface area contributed by atoms with Crippen molar-refractivity contribution in [2.45, 2.75) is 46.6 Å². The first-order valence-electron chi connectivity index (χ1n) is 18.3. The van der Waals surface area contributed by atoms with Gasteiger partial charge < -0.3 is 28.1 Å². The number of aryl methyl sites for hydroxylation is 6. The zero-order valence-corrected chi connectivity index (χ0v) is 33.9. The summed E-state index contributed by atoms with van der Waals surface area (Å²) < 4.78 is 23.9.